The van der Waals surface area contributed by atoms with E-state index in [9.17, 15) is 36.9 Å². The number of esters is 1. The summed E-state index contributed by atoms with van der Waals surface area (Å²) < 4.78 is 67.8. The second-order valence-electron chi connectivity index (χ2n) is 18.4. The number of nitrogens with one attached hydrogen (secondary N) is 1. The molecule has 6 heterocycles. The van der Waals surface area contributed by atoms with E-state index in [1.165, 1.54) is 7.11 Å². The lowest BCUT2D eigenvalue weighted by molar-refractivity contribution is -0.201. The van der Waals surface area contributed by atoms with Gasteiger partial charge in [0.1, 0.15) is 17.3 Å². The van der Waals surface area contributed by atoms with Gasteiger partial charge in [0, 0.05) is 84.0 Å². The lowest BCUT2D eigenvalue weighted by Gasteiger charge is -2.63. The van der Waals surface area contributed by atoms with Gasteiger partial charge in [-0.1, -0.05) is 44.2 Å². The van der Waals surface area contributed by atoms with Crippen LogP contribution in [0.4, 0.5) is 5.69 Å². The molecule has 0 radical (unpaired) electrons. The number of aliphatic hydroxyl groups is 3. The Hall–Kier alpha value is -4.16. The number of likely N-dealkylation sites (N-methyl/N-ethyl adjacent to an activating group) is 1. The molecular weight excluding hydrogens is 875 g/mol. The number of benzene rings is 2. The first-order valence-electron chi connectivity index (χ1n) is 21.4. The standard InChI is InChI=1S/C43H55N5O7.H2O7S2/c1-6-39(52)21-25-22-42(38(51)55-5,33-27(13-17-47(23-25)24-39)26-11-8-9-12-30(26)45-33)29-19-28-31(20-32(29)54-4)46(3)35-41(28)15-18-48-16-10-14-40(7-2,34(41)48)36(49)43(35,53)37(44)50;1-8(2,3)7-9(4,5)6/h8-12,14,19-20,25,34-36,45,49,52-53H,6-7,13,15-18,21-24H2,1-5H3,(H2,44,50);(H,1,2,3)(H,4,5,6)/t25-,34+,35-,36-,39+,40-,41-,42+,43+;/m1./s1. The highest BCUT2D eigenvalue weighted by Crippen LogP contribution is 2.67. The average Bonchev–Trinajstić information content (AvgIpc) is 3.89. The van der Waals surface area contributed by atoms with Gasteiger partial charge in [0.15, 0.2) is 5.60 Å². The van der Waals surface area contributed by atoms with E-state index in [4.69, 9.17) is 24.3 Å². The number of aliphatic hydroxyl groups excluding tert-OH is 1. The highest BCUT2D eigenvalue weighted by molar-refractivity contribution is 7.94. The minimum atomic E-state index is -5.12. The van der Waals surface area contributed by atoms with Crippen molar-refractivity contribution in [2.45, 2.75) is 92.6 Å². The number of H-pyrrole nitrogens is 1. The number of carbonyl (C=O) groups excluding carboxylic acids is 2. The number of primary amides is 1. The topological polar surface area (TPSA) is 283 Å². The third-order valence-corrected chi connectivity index (χ3v) is 16.8. The molecule has 10 atom stereocenters. The van der Waals surface area contributed by atoms with Gasteiger partial charge in [0.25, 0.3) is 5.91 Å². The Labute approximate surface area is 372 Å². The van der Waals surface area contributed by atoms with E-state index in [0.717, 1.165) is 46.5 Å². The monoisotopic (exact) mass is 931 g/mol. The number of hydrogen-bond donors (Lipinski definition) is 7. The van der Waals surface area contributed by atoms with Crippen molar-refractivity contribution in [3.63, 3.8) is 0 Å². The van der Waals surface area contributed by atoms with Crippen LogP contribution in [0.25, 0.3) is 10.9 Å². The van der Waals surface area contributed by atoms with Gasteiger partial charge in [-0.3, -0.25) is 28.5 Å². The third kappa shape index (κ3) is 6.79. The smallest absolute Gasteiger partial charge is 0.413 e. The lowest BCUT2D eigenvalue weighted by Crippen LogP contribution is -2.81. The molecule has 1 saturated carbocycles. The third-order valence-electron chi connectivity index (χ3n) is 15.4. The van der Waals surface area contributed by atoms with Gasteiger partial charge in [-0.25, -0.2) is 0 Å². The van der Waals surface area contributed by atoms with Crippen molar-refractivity contribution in [1.82, 2.24) is 14.8 Å². The van der Waals surface area contributed by atoms with Crippen molar-refractivity contribution >= 4 is 49.3 Å². The zero-order valence-electron chi connectivity index (χ0n) is 36.4. The van der Waals surface area contributed by atoms with Crippen molar-refractivity contribution < 1.29 is 64.0 Å². The van der Waals surface area contributed by atoms with Crippen LogP contribution in [0.2, 0.25) is 0 Å². The number of rotatable bonds is 8. The highest BCUT2D eigenvalue weighted by Gasteiger charge is 2.78. The Morgan fingerprint density at radius 1 is 0.969 bits per heavy atom. The molecule has 1 aliphatic carbocycles. The van der Waals surface area contributed by atoms with Crippen LogP contribution in [0.15, 0.2) is 48.6 Å². The van der Waals surface area contributed by atoms with Gasteiger partial charge in [0.05, 0.1) is 25.9 Å². The Balaban J connectivity index is 0.000000564. The Morgan fingerprint density at radius 3 is 2.28 bits per heavy atom. The molecule has 5 aliphatic heterocycles. The van der Waals surface area contributed by atoms with E-state index in [1.54, 1.807) is 7.11 Å². The van der Waals surface area contributed by atoms with E-state index >= 15 is 4.79 Å². The molecule has 8 N–H and O–H groups in total. The van der Waals surface area contributed by atoms with Crippen LogP contribution in [0, 0.1) is 11.3 Å². The van der Waals surface area contributed by atoms with Gasteiger partial charge in [-0.15, -0.1) is 3.63 Å². The number of ether oxygens (including phenoxy) is 2. The SMILES string of the molecule is CC[C@]1(O)C[C@H]2C[N@](CCc3c([nH]c4ccccc34)[C@@](C(=O)OC)(c3cc4c(cc3OC)N(C)[C@H]3[C@@](O)(C(N)=O)[C@H](O)[C@]5(CC)C=CCN6CC[C@]43[C@@H]65)C2)C1.O=S(=O)(O)OS(=O)(=O)O. The van der Waals surface area contributed by atoms with E-state index < -0.39 is 72.3 Å². The fraction of sp³-hybridized carbons (Fsp3) is 0.581. The van der Waals surface area contributed by atoms with Crippen LogP contribution in [-0.2, 0) is 56.0 Å². The second kappa shape index (κ2) is 15.7. The van der Waals surface area contributed by atoms with E-state index in [0.29, 0.717) is 69.5 Å². The first-order chi connectivity index (χ1) is 30.0. The maximum atomic E-state index is 15.2. The molecule has 19 nitrogen and oxygen atoms in total. The van der Waals surface area contributed by atoms with Crippen LogP contribution in [0.3, 0.4) is 0 Å². The van der Waals surface area contributed by atoms with Crippen LogP contribution in [-0.4, -0.2) is 151 Å². The molecule has 21 heteroatoms. The summed E-state index contributed by atoms with van der Waals surface area (Å²) in [5.74, 6) is -1.00. The van der Waals surface area contributed by atoms with Crippen LogP contribution in [0.5, 0.6) is 5.75 Å². The van der Waals surface area contributed by atoms with E-state index in [1.807, 2.05) is 62.2 Å². The predicted molar refractivity (Wildman–Crippen MR) is 232 cm³/mol. The fourth-order valence-electron chi connectivity index (χ4n) is 13.2. The van der Waals surface area contributed by atoms with Crippen LogP contribution < -0.4 is 15.4 Å². The summed E-state index contributed by atoms with van der Waals surface area (Å²) in [6.07, 6.45) is 5.78. The number of piperidine rings is 1. The molecule has 350 valence electrons. The fourth-order valence-corrected chi connectivity index (χ4v) is 14.0. The maximum Gasteiger partial charge on any atom is 0.413 e. The Kier molecular flexibility index (Phi) is 11.4. The first-order valence-corrected chi connectivity index (χ1v) is 24.1. The summed E-state index contributed by atoms with van der Waals surface area (Å²) in [5.41, 5.74) is 4.72. The number of hydrogen-bond acceptors (Lipinski definition) is 15. The zero-order chi connectivity index (χ0) is 46.6. The summed E-state index contributed by atoms with van der Waals surface area (Å²) in [6.45, 7) is 7.39. The summed E-state index contributed by atoms with van der Waals surface area (Å²) >= 11 is 0. The normalized spacial score (nSPS) is 35.4. The van der Waals surface area contributed by atoms with Gasteiger partial charge >= 0.3 is 26.8 Å². The molecule has 64 heavy (non-hydrogen) atoms. The molecule has 6 aliphatic rings. The molecule has 1 amide bonds. The van der Waals surface area contributed by atoms with Crippen LogP contribution >= 0.6 is 0 Å². The molecule has 9 rings (SSSR count). The number of aromatic nitrogens is 1. The summed E-state index contributed by atoms with van der Waals surface area (Å²) in [6, 6.07) is 11.0. The summed E-state index contributed by atoms with van der Waals surface area (Å²) in [7, 11) is -5.35. The minimum absolute atomic E-state index is 0.0790. The summed E-state index contributed by atoms with van der Waals surface area (Å²) in [5, 5.41) is 38.0. The molecule has 2 aromatic carbocycles. The largest absolute Gasteiger partial charge is 0.496 e. The Bertz CT molecular complexity index is 2610. The molecule has 1 spiro atoms. The summed E-state index contributed by atoms with van der Waals surface area (Å²) in [4.78, 5) is 39.3. The van der Waals surface area contributed by atoms with Crippen molar-refractivity contribution in [3.05, 3.63) is 70.9 Å². The lowest BCUT2D eigenvalue weighted by atomic mass is 9.47. The Morgan fingerprint density at radius 2 is 1.67 bits per heavy atom. The molecule has 3 aromatic rings. The first kappa shape index (κ1) is 46.4. The van der Waals surface area contributed by atoms with E-state index in [2.05, 4.69) is 30.5 Å². The number of amides is 1. The maximum absolute atomic E-state index is 15.2. The number of para-hydroxylation sites is 1. The number of aromatic amines is 1. The molecule has 2 bridgehead atoms. The van der Waals surface area contributed by atoms with Crippen molar-refractivity contribution in [2.75, 3.05) is 58.9 Å². The quantitative estimate of drug-likeness (QED) is 0.0953. The number of carbonyl (C=O) groups is 2. The zero-order valence-corrected chi connectivity index (χ0v) is 38.0. The number of nitrogens with two attached hydrogens (primary N) is 1. The number of methoxy groups -OCH3 is 2. The highest BCUT2D eigenvalue weighted by atomic mass is 32.3. The van der Waals surface area contributed by atoms with Crippen molar-refractivity contribution in [2.24, 2.45) is 17.1 Å². The number of anilines is 1. The molecule has 0 unspecified atom stereocenters. The van der Waals surface area contributed by atoms with Gasteiger partial charge in [-0.2, -0.15) is 16.8 Å². The number of nitrogens with zero attached hydrogens (tertiary/aromatic N) is 3. The van der Waals surface area contributed by atoms with Gasteiger partial charge in [-0.05, 0) is 74.2 Å². The van der Waals surface area contributed by atoms with Gasteiger partial charge < -0.3 is 40.4 Å². The van der Waals surface area contributed by atoms with Crippen LogP contribution in [0.1, 0.15) is 68.3 Å². The van der Waals surface area contributed by atoms with E-state index in [-0.39, 0.29) is 12.0 Å². The van der Waals surface area contributed by atoms with Gasteiger partial charge in [0.2, 0.25) is 0 Å². The molecular formula is C43H57N5O14S2. The molecule has 2 saturated heterocycles. The second-order valence-corrected chi connectivity index (χ2v) is 20.7. The minimum Gasteiger partial charge on any atom is -0.496 e. The van der Waals surface area contributed by atoms with Crippen molar-refractivity contribution in [3.8, 4) is 5.75 Å². The molecule has 1 aromatic heterocycles. The molecule has 3 fully saturated rings. The average molecular weight is 932 g/mol. The number of fused-ring (bicyclic) bond motifs is 6. The van der Waals surface area contributed by atoms with Crippen molar-refractivity contribution in [1.29, 1.82) is 0 Å². The predicted octanol–water partition coefficient (Wildman–Crippen LogP) is 1.34.